The van der Waals surface area contributed by atoms with Gasteiger partial charge in [-0.3, -0.25) is 4.79 Å². The minimum atomic E-state index is -0.798. The summed E-state index contributed by atoms with van der Waals surface area (Å²) in [5.74, 6) is -1.30. The Kier molecular flexibility index (Phi) is 6.07. The molecule has 3 rings (SSSR count). The smallest absolute Gasteiger partial charge is 0.330 e. The Morgan fingerprint density at radius 2 is 1.96 bits per heavy atom. The van der Waals surface area contributed by atoms with Crippen molar-refractivity contribution in [1.29, 1.82) is 0 Å². The third-order valence-electron chi connectivity index (χ3n) is 4.10. The Hall–Kier alpha value is -2.05. The molecule has 1 aliphatic rings. The summed E-state index contributed by atoms with van der Waals surface area (Å²) in [6, 6.07) is 12.1. The molecule has 0 aliphatic carbocycles. The molecule has 0 bridgehead atoms. The molecular formula is C20H19ClFNO3S. The number of nitrogens with zero attached hydrogens (tertiary/aromatic N) is 1. The lowest BCUT2D eigenvalue weighted by molar-refractivity contribution is -0.151. The first-order chi connectivity index (χ1) is 12.9. The van der Waals surface area contributed by atoms with E-state index in [4.69, 9.17) is 16.3 Å². The normalized spacial score (nSPS) is 19.4. The molecule has 1 aliphatic heterocycles. The van der Waals surface area contributed by atoms with E-state index in [2.05, 4.69) is 0 Å². The SMILES string of the molecule is CC(C)OC(=O)C1CSC(c2cccc(Cl)c2)N1C(=O)c1ccccc1F. The largest absolute Gasteiger partial charge is 0.461 e. The van der Waals surface area contributed by atoms with Crippen LogP contribution in [-0.4, -0.2) is 34.7 Å². The average molecular weight is 408 g/mol. The average Bonchev–Trinajstić information content (AvgIpc) is 3.06. The highest BCUT2D eigenvalue weighted by Crippen LogP contribution is 2.43. The molecule has 0 radical (unpaired) electrons. The minimum Gasteiger partial charge on any atom is -0.461 e. The summed E-state index contributed by atoms with van der Waals surface area (Å²) >= 11 is 7.52. The highest BCUT2D eigenvalue weighted by molar-refractivity contribution is 7.99. The zero-order valence-electron chi connectivity index (χ0n) is 14.9. The first-order valence-electron chi connectivity index (χ1n) is 8.53. The quantitative estimate of drug-likeness (QED) is 0.690. The summed E-state index contributed by atoms with van der Waals surface area (Å²) in [6.07, 6.45) is -0.307. The van der Waals surface area contributed by atoms with Gasteiger partial charge in [0.2, 0.25) is 0 Å². The highest BCUT2D eigenvalue weighted by atomic mass is 35.5. The van der Waals surface area contributed by atoms with Crippen molar-refractivity contribution in [3.63, 3.8) is 0 Å². The van der Waals surface area contributed by atoms with Gasteiger partial charge in [-0.2, -0.15) is 0 Å². The molecule has 1 amide bonds. The van der Waals surface area contributed by atoms with Crippen LogP contribution in [0, 0.1) is 5.82 Å². The molecule has 2 unspecified atom stereocenters. The maximum absolute atomic E-state index is 14.2. The molecule has 4 nitrogen and oxygen atoms in total. The molecule has 1 fully saturated rings. The Morgan fingerprint density at radius 3 is 2.63 bits per heavy atom. The van der Waals surface area contributed by atoms with E-state index in [0.29, 0.717) is 10.8 Å². The van der Waals surface area contributed by atoms with E-state index in [1.165, 1.54) is 34.9 Å². The number of carbonyl (C=O) groups is 2. The predicted molar refractivity (Wildman–Crippen MR) is 104 cm³/mol. The first kappa shape index (κ1) is 19.7. The number of carbonyl (C=O) groups excluding carboxylic acids is 2. The molecule has 142 valence electrons. The van der Waals surface area contributed by atoms with Crippen LogP contribution in [0.3, 0.4) is 0 Å². The standard InChI is InChI=1S/C20H19ClFNO3S/c1-12(2)26-20(25)17-11-27-19(13-6-5-7-14(21)10-13)23(17)18(24)15-8-3-4-9-16(15)22/h3-10,12,17,19H,11H2,1-2H3. The Labute approximate surface area is 166 Å². The van der Waals surface area contributed by atoms with Gasteiger partial charge in [0.1, 0.15) is 17.2 Å². The van der Waals surface area contributed by atoms with E-state index >= 15 is 0 Å². The van der Waals surface area contributed by atoms with Gasteiger partial charge in [0.15, 0.2) is 0 Å². The summed E-state index contributed by atoms with van der Waals surface area (Å²) in [5, 5.41) is 0.0696. The Balaban J connectivity index is 2.00. The molecule has 0 aromatic heterocycles. The molecule has 27 heavy (non-hydrogen) atoms. The fourth-order valence-corrected chi connectivity index (χ4v) is 4.54. The van der Waals surface area contributed by atoms with E-state index in [1.807, 2.05) is 6.07 Å². The zero-order valence-corrected chi connectivity index (χ0v) is 16.5. The molecule has 1 saturated heterocycles. The van der Waals surface area contributed by atoms with E-state index in [1.54, 1.807) is 38.1 Å². The van der Waals surface area contributed by atoms with E-state index in [9.17, 15) is 14.0 Å². The van der Waals surface area contributed by atoms with Crippen molar-refractivity contribution in [1.82, 2.24) is 4.90 Å². The van der Waals surface area contributed by atoms with Crippen molar-refractivity contribution in [2.75, 3.05) is 5.75 Å². The molecular weight excluding hydrogens is 389 g/mol. The lowest BCUT2D eigenvalue weighted by atomic mass is 10.1. The molecule has 1 heterocycles. The highest BCUT2D eigenvalue weighted by Gasteiger charge is 2.44. The van der Waals surface area contributed by atoms with Gasteiger partial charge in [-0.15, -0.1) is 11.8 Å². The summed E-state index contributed by atoms with van der Waals surface area (Å²) in [7, 11) is 0. The van der Waals surface area contributed by atoms with E-state index in [0.717, 1.165) is 5.56 Å². The number of ether oxygens (including phenoxy) is 1. The number of halogens is 2. The van der Waals surface area contributed by atoms with Crippen molar-refractivity contribution < 1.29 is 18.7 Å². The van der Waals surface area contributed by atoms with Gasteiger partial charge < -0.3 is 9.64 Å². The predicted octanol–water partition coefficient (Wildman–Crippen LogP) is 4.69. The van der Waals surface area contributed by atoms with Crippen molar-refractivity contribution >= 4 is 35.2 Å². The number of esters is 1. The van der Waals surface area contributed by atoms with Gasteiger partial charge in [0.05, 0.1) is 11.7 Å². The summed E-state index contributed by atoms with van der Waals surface area (Å²) in [6.45, 7) is 3.49. The maximum Gasteiger partial charge on any atom is 0.330 e. The van der Waals surface area contributed by atoms with Crippen molar-refractivity contribution in [2.24, 2.45) is 0 Å². The third kappa shape index (κ3) is 4.28. The number of thioether (sulfide) groups is 1. The van der Waals surface area contributed by atoms with E-state index < -0.39 is 29.1 Å². The van der Waals surface area contributed by atoms with Crippen molar-refractivity contribution in [3.8, 4) is 0 Å². The number of hydrogen-bond acceptors (Lipinski definition) is 4. The number of benzene rings is 2. The molecule has 2 atom stereocenters. The third-order valence-corrected chi connectivity index (χ3v) is 5.66. The Morgan fingerprint density at radius 1 is 1.22 bits per heavy atom. The van der Waals surface area contributed by atoms with Gasteiger partial charge >= 0.3 is 5.97 Å². The summed E-state index contributed by atoms with van der Waals surface area (Å²) < 4.78 is 19.6. The lowest BCUT2D eigenvalue weighted by Gasteiger charge is -2.29. The first-order valence-corrected chi connectivity index (χ1v) is 9.96. The van der Waals surface area contributed by atoms with Crippen LogP contribution in [0.25, 0.3) is 0 Å². The van der Waals surface area contributed by atoms with Crippen LogP contribution in [0.1, 0.15) is 35.1 Å². The number of hydrogen-bond donors (Lipinski definition) is 0. The fourth-order valence-electron chi connectivity index (χ4n) is 2.94. The summed E-state index contributed by atoms with van der Waals surface area (Å²) in [4.78, 5) is 27.2. The fraction of sp³-hybridized carbons (Fsp3) is 0.300. The van der Waals surface area contributed by atoms with Gasteiger partial charge in [-0.05, 0) is 43.7 Å². The number of rotatable bonds is 4. The Bertz CT molecular complexity index is 861. The van der Waals surface area contributed by atoms with Gasteiger partial charge in [-0.1, -0.05) is 35.9 Å². The van der Waals surface area contributed by atoms with Crippen LogP contribution >= 0.6 is 23.4 Å². The molecule has 0 spiro atoms. The molecule has 2 aromatic carbocycles. The monoisotopic (exact) mass is 407 g/mol. The minimum absolute atomic E-state index is 0.0747. The maximum atomic E-state index is 14.2. The van der Waals surface area contributed by atoms with Crippen LogP contribution < -0.4 is 0 Å². The van der Waals surface area contributed by atoms with E-state index in [-0.39, 0.29) is 11.7 Å². The molecule has 2 aromatic rings. The van der Waals surface area contributed by atoms with Crippen molar-refractivity contribution in [2.45, 2.75) is 31.4 Å². The van der Waals surface area contributed by atoms with Gasteiger partial charge in [-0.25, -0.2) is 9.18 Å². The lowest BCUT2D eigenvalue weighted by Crippen LogP contribution is -2.44. The second-order valence-electron chi connectivity index (χ2n) is 6.43. The molecule has 0 saturated carbocycles. The van der Waals surface area contributed by atoms with Crippen molar-refractivity contribution in [3.05, 3.63) is 70.5 Å². The zero-order chi connectivity index (χ0) is 19.6. The molecule has 7 heteroatoms. The topological polar surface area (TPSA) is 46.6 Å². The van der Waals surface area contributed by atoms with Crippen LogP contribution in [0.2, 0.25) is 5.02 Å². The summed E-state index contributed by atoms with van der Waals surface area (Å²) in [5.41, 5.74) is 0.700. The second-order valence-corrected chi connectivity index (χ2v) is 7.98. The number of amides is 1. The van der Waals surface area contributed by atoms with Crippen LogP contribution in [0.4, 0.5) is 4.39 Å². The van der Waals surface area contributed by atoms with Crippen LogP contribution in [-0.2, 0) is 9.53 Å². The van der Waals surface area contributed by atoms with Crippen LogP contribution in [0.15, 0.2) is 48.5 Å². The second kappa shape index (κ2) is 8.31. The van der Waals surface area contributed by atoms with Crippen LogP contribution in [0.5, 0.6) is 0 Å². The molecule has 0 N–H and O–H groups in total. The van der Waals surface area contributed by atoms with Gasteiger partial charge in [0.25, 0.3) is 5.91 Å². The van der Waals surface area contributed by atoms with Gasteiger partial charge in [0, 0.05) is 10.8 Å².